The van der Waals surface area contributed by atoms with E-state index in [1.165, 1.54) is 5.01 Å². The van der Waals surface area contributed by atoms with Gasteiger partial charge in [0.2, 0.25) is 0 Å². The first kappa shape index (κ1) is 11.4. The smallest absolute Gasteiger partial charge is 0.110 e. The molecule has 0 aliphatic rings. The third-order valence-corrected chi connectivity index (χ3v) is 2.03. The van der Waals surface area contributed by atoms with Gasteiger partial charge in [-0.1, -0.05) is 13.8 Å². The van der Waals surface area contributed by atoms with Gasteiger partial charge in [0.05, 0.1) is 6.04 Å². The molecule has 0 aromatic rings. The zero-order valence-corrected chi connectivity index (χ0v) is 8.17. The molecule has 0 aromatic heterocycles. The van der Waals surface area contributed by atoms with E-state index < -0.39 is 0 Å². The van der Waals surface area contributed by atoms with Crippen LogP contribution >= 0.6 is 0 Å². The summed E-state index contributed by atoms with van der Waals surface area (Å²) in [5, 5.41) is 8.99. The van der Waals surface area contributed by atoms with E-state index in [0.29, 0.717) is 12.3 Å². The Hall–Kier alpha value is -0.610. The van der Waals surface area contributed by atoms with Crippen molar-refractivity contribution in [3.8, 4) is 0 Å². The van der Waals surface area contributed by atoms with Gasteiger partial charge >= 0.3 is 0 Å². The highest BCUT2D eigenvalue weighted by Gasteiger charge is 2.18. The third kappa shape index (κ3) is 2.79. The van der Waals surface area contributed by atoms with E-state index in [1.807, 2.05) is 20.8 Å². The molecule has 1 unspecified atom stereocenters. The Labute approximate surface area is 74.4 Å². The Bertz CT molecular complexity index is 144. The molecule has 0 amide bonds. The van der Waals surface area contributed by atoms with Crippen LogP contribution in [0, 0.1) is 5.41 Å². The van der Waals surface area contributed by atoms with Gasteiger partial charge in [0.1, 0.15) is 5.84 Å². The van der Waals surface area contributed by atoms with Crippen molar-refractivity contribution in [2.24, 2.45) is 11.6 Å². The van der Waals surface area contributed by atoms with Crippen molar-refractivity contribution in [1.82, 2.24) is 5.01 Å². The van der Waals surface area contributed by atoms with Gasteiger partial charge in [-0.3, -0.25) is 10.4 Å². The van der Waals surface area contributed by atoms with Gasteiger partial charge < -0.3 is 5.73 Å². The molecule has 12 heavy (non-hydrogen) atoms. The van der Waals surface area contributed by atoms with Gasteiger partial charge in [0.25, 0.3) is 0 Å². The summed E-state index contributed by atoms with van der Waals surface area (Å²) in [4.78, 5) is 0. The van der Waals surface area contributed by atoms with E-state index in [9.17, 15) is 0 Å². The summed E-state index contributed by atoms with van der Waals surface area (Å²) in [5.41, 5.74) is 5.72. The van der Waals surface area contributed by atoms with Crippen molar-refractivity contribution in [2.75, 3.05) is 0 Å². The molecular formula is C8H20N4. The number of hydrazine groups is 1. The molecule has 0 radical (unpaired) electrons. The van der Waals surface area contributed by atoms with Gasteiger partial charge in [-0.05, 0) is 13.3 Å². The normalized spacial score (nSPS) is 15.4. The maximum absolute atomic E-state index is 7.52. The average Bonchev–Trinajstić information content (AvgIpc) is 2.03. The summed E-state index contributed by atoms with van der Waals surface area (Å²) in [6.45, 7) is 5.85. The standard InChI is InChI=1S/C8H20N4/c1-4-7(6(3)9)12(11)8(10)5-2/h6-7,10H,4-5,9,11H2,1-3H3/t6-,7?/m0/s1. The van der Waals surface area contributed by atoms with Crippen LogP contribution in [0.2, 0.25) is 0 Å². The van der Waals surface area contributed by atoms with Crippen molar-refractivity contribution >= 4 is 5.84 Å². The van der Waals surface area contributed by atoms with Crippen molar-refractivity contribution in [1.29, 1.82) is 5.41 Å². The van der Waals surface area contributed by atoms with E-state index in [-0.39, 0.29) is 12.1 Å². The van der Waals surface area contributed by atoms with Gasteiger partial charge in [0, 0.05) is 12.5 Å². The summed E-state index contributed by atoms with van der Waals surface area (Å²) < 4.78 is 0. The molecule has 4 heteroatoms. The second-order valence-electron chi connectivity index (χ2n) is 3.04. The first-order valence-electron chi connectivity index (χ1n) is 4.41. The number of amidine groups is 1. The Morgan fingerprint density at radius 2 is 2.00 bits per heavy atom. The molecule has 0 bridgehead atoms. The zero-order valence-electron chi connectivity index (χ0n) is 8.17. The molecule has 0 aromatic carbocycles. The molecule has 0 aliphatic heterocycles. The first-order valence-corrected chi connectivity index (χ1v) is 4.41. The highest BCUT2D eigenvalue weighted by atomic mass is 15.4. The Kier molecular flexibility index (Phi) is 4.85. The highest BCUT2D eigenvalue weighted by Crippen LogP contribution is 2.04. The van der Waals surface area contributed by atoms with Crippen LogP contribution in [-0.2, 0) is 0 Å². The second kappa shape index (κ2) is 5.11. The van der Waals surface area contributed by atoms with Crippen LogP contribution in [0.1, 0.15) is 33.6 Å². The van der Waals surface area contributed by atoms with E-state index in [2.05, 4.69) is 0 Å². The minimum atomic E-state index is 0.00639. The zero-order chi connectivity index (χ0) is 9.72. The molecule has 0 saturated carbocycles. The molecule has 4 nitrogen and oxygen atoms in total. The van der Waals surface area contributed by atoms with Crippen LogP contribution in [0.3, 0.4) is 0 Å². The van der Waals surface area contributed by atoms with E-state index in [4.69, 9.17) is 17.0 Å². The number of hydrogen-bond donors (Lipinski definition) is 3. The monoisotopic (exact) mass is 172 g/mol. The largest absolute Gasteiger partial charge is 0.326 e. The Morgan fingerprint density at radius 1 is 1.50 bits per heavy atom. The van der Waals surface area contributed by atoms with Gasteiger partial charge in [-0.2, -0.15) is 0 Å². The van der Waals surface area contributed by atoms with Crippen LogP contribution in [0.15, 0.2) is 0 Å². The number of nitrogens with zero attached hydrogens (tertiary/aromatic N) is 1. The van der Waals surface area contributed by atoms with Crippen LogP contribution in [0.5, 0.6) is 0 Å². The van der Waals surface area contributed by atoms with Crippen molar-refractivity contribution < 1.29 is 0 Å². The van der Waals surface area contributed by atoms with Crippen molar-refractivity contribution in [3.05, 3.63) is 0 Å². The molecule has 0 fully saturated rings. The Morgan fingerprint density at radius 3 is 2.25 bits per heavy atom. The fourth-order valence-electron chi connectivity index (χ4n) is 1.20. The SMILES string of the molecule is CCC(=N)N(N)C(CC)[C@H](C)N. The predicted molar refractivity (Wildman–Crippen MR) is 51.8 cm³/mol. The van der Waals surface area contributed by atoms with Crippen LogP contribution < -0.4 is 11.6 Å². The summed E-state index contributed by atoms with van der Waals surface area (Å²) in [6, 6.07) is 0.0874. The minimum Gasteiger partial charge on any atom is -0.326 e. The maximum atomic E-state index is 7.52. The molecule has 0 spiro atoms. The van der Waals surface area contributed by atoms with Gasteiger partial charge in [-0.15, -0.1) is 0 Å². The molecule has 2 atom stereocenters. The molecule has 0 aliphatic carbocycles. The lowest BCUT2D eigenvalue weighted by Crippen LogP contribution is -2.52. The summed E-state index contributed by atoms with van der Waals surface area (Å²) in [5.74, 6) is 6.16. The second-order valence-corrected chi connectivity index (χ2v) is 3.04. The van der Waals surface area contributed by atoms with Crippen LogP contribution in [0.4, 0.5) is 0 Å². The molecule has 72 valence electrons. The fourth-order valence-corrected chi connectivity index (χ4v) is 1.20. The number of nitrogens with two attached hydrogens (primary N) is 2. The number of hydrogen-bond acceptors (Lipinski definition) is 3. The van der Waals surface area contributed by atoms with Gasteiger partial charge in [0.15, 0.2) is 0 Å². The van der Waals surface area contributed by atoms with Crippen LogP contribution in [0.25, 0.3) is 0 Å². The number of nitrogens with one attached hydrogen (secondary N) is 1. The minimum absolute atomic E-state index is 0.00639. The third-order valence-electron chi connectivity index (χ3n) is 2.03. The Balaban J connectivity index is 4.20. The van der Waals surface area contributed by atoms with Crippen LogP contribution in [-0.4, -0.2) is 22.9 Å². The lowest BCUT2D eigenvalue weighted by molar-refractivity contribution is 0.271. The quantitative estimate of drug-likeness (QED) is 0.252. The lowest BCUT2D eigenvalue weighted by atomic mass is 10.1. The molecule has 0 saturated heterocycles. The fraction of sp³-hybridized carbons (Fsp3) is 0.875. The van der Waals surface area contributed by atoms with Crippen molar-refractivity contribution in [2.45, 2.75) is 45.7 Å². The first-order chi connectivity index (χ1) is 5.54. The van der Waals surface area contributed by atoms with E-state index in [1.54, 1.807) is 0 Å². The average molecular weight is 172 g/mol. The molecule has 0 heterocycles. The van der Waals surface area contributed by atoms with E-state index in [0.717, 1.165) is 6.42 Å². The molecule has 5 N–H and O–H groups in total. The molecular weight excluding hydrogens is 152 g/mol. The summed E-state index contributed by atoms with van der Waals surface area (Å²) in [7, 11) is 0. The molecule has 0 rings (SSSR count). The van der Waals surface area contributed by atoms with Gasteiger partial charge in [-0.25, -0.2) is 5.84 Å². The predicted octanol–water partition coefficient (Wildman–Crippen LogP) is 0.675. The summed E-state index contributed by atoms with van der Waals surface area (Å²) in [6.07, 6.45) is 1.52. The number of rotatable bonds is 4. The maximum Gasteiger partial charge on any atom is 0.110 e. The highest BCUT2D eigenvalue weighted by molar-refractivity contribution is 5.78. The topological polar surface area (TPSA) is 79.1 Å². The lowest BCUT2D eigenvalue weighted by Gasteiger charge is -2.30. The summed E-state index contributed by atoms with van der Waals surface area (Å²) >= 11 is 0. The van der Waals surface area contributed by atoms with Crippen molar-refractivity contribution in [3.63, 3.8) is 0 Å². The van der Waals surface area contributed by atoms with E-state index >= 15 is 0 Å².